The zero-order chi connectivity index (χ0) is 107. The zero-order valence-electron chi connectivity index (χ0n) is 80.1. The first-order valence-corrected chi connectivity index (χ1v) is 47.0. The van der Waals surface area contributed by atoms with Crippen molar-refractivity contribution in [2.24, 2.45) is 0 Å². The maximum absolute atomic E-state index is 14.3. The van der Waals surface area contributed by atoms with Gasteiger partial charge in [0.15, 0.2) is 16.6 Å². The zero-order valence-corrected chi connectivity index (χ0v) is 80.1. The Bertz CT molecular complexity index is 5060. The van der Waals surface area contributed by atoms with Crippen LogP contribution >= 0.6 is 0 Å². The van der Waals surface area contributed by atoms with Crippen molar-refractivity contribution in [3.05, 3.63) is 426 Å². The average molecular weight is 2060 g/mol. The van der Waals surface area contributed by atoms with Gasteiger partial charge in [-0.05, 0) is 148 Å². The monoisotopic (exact) mass is 2060 g/mol. The molecule has 0 bridgehead atoms. The van der Waals surface area contributed by atoms with Gasteiger partial charge in [-0.1, -0.05) is 279 Å². The molecular formula is C111H111BF27N3O3. The third-order valence-electron chi connectivity index (χ3n) is 26.3. The van der Waals surface area contributed by atoms with Crippen molar-refractivity contribution >= 4 is 7.32 Å². The van der Waals surface area contributed by atoms with Crippen LogP contribution in [-0.4, -0.2) is 61.5 Å². The van der Waals surface area contributed by atoms with Gasteiger partial charge in [0.05, 0.1) is 90.8 Å². The van der Waals surface area contributed by atoms with Gasteiger partial charge in [0.25, 0.3) is 0 Å². The number of benzene rings is 12. The molecule has 3 atom stereocenters. The van der Waals surface area contributed by atoms with Gasteiger partial charge in [0.2, 0.25) is 0 Å². The maximum Gasteiger partial charge on any atom is 0.416 e. The van der Waals surface area contributed by atoms with Gasteiger partial charge in [-0.3, -0.25) is 7.32 Å². The van der Waals surface area contributed by atoms with Crippen LogP contribution in [0.25, 0.3) is 0 Å². The first kappa shape index (κ1) is 117. The minimum absolute atomic E-state index is 0.0713. The molecule has 6 nitrogen and oxygen atoms in total. The van der Waals surface area contributed by atoms with Crippen LogP contribution in [0.4, 0.5) is 119 Å². The van der Waals surface area contributed by atoms with E-state index in [9.17, 15) is 119 Å². The highest BCUT2D eigenvalue weighted by atomic mass is 19.4. The van der Waals surface area contributed by atoms with E-state index in [1.54, 1.807) is 112 Å². The van der Waals surface area contributed by atoms with E-state index in [-0.39, 0.29) is 103 Å². The Labute approximate surface area is 826 Å². The van der Waals surface area contributed by atoms with E-state index in [2.05, 4.69) is 0 Å². The third-order valence-corrected chi connectivity index (χ3v) is 26.3. The topological polar surface area (TPSA) is 69.2 Å². The highest BCUT2D eigenvalue weighted by Gasteiger charge is 2.59. The van der Waals surface area contributed by atoms with Crippen molar-refractivity contribution < 1.29 is 147 Å². The van der Waals surface area contributed by atoms with Crippen LogP contribution in [0.1, 0.15) is 234 Å². The lowest BCUT2D eigenvalue weighted by Gasteiger charge is -2.52. The number of unbranched alkanes of at least 4 members (excludes halogenated alkanes) is 12. The number of alkyl halides is 27. The fraction of sp³-hybridized carbons (Fsp3) is 0.351. The second-order valence-electron chi connectivity index (χ2n) is 36.7. The number of hydrogen-bond acceptors (Lipinski definition) is 3. The summed E-state index contributed by atoms with van der Waals surface area (Å²) in [6.07, 6.45) is -31.5. The number of quaternary nitrogens is 3. The Hall–Kier alpha value is -11.4. The molecule has 34 heteroatoms. The molecule has 0 aromatic heterocycles. The Kier molecular flexibility index (Phi) is 39.5. The lowest BCUT2D eigenvalue weighted by molar-refractivity contribution is -0.967. The minimum atomic E-state index is -4.83. The first-order chi connectivity index (χ1) is 67.8. The number of halogens is 27. The SMILES string of the molecule is CCCCCCC[N+](C)(Cc1ccccc1)C(c1cccc(C(F)(F)F)c1)(c1cccc(C(F)(F)F)c1)c1cccc(C(F)(F)F)c1.CCCCCCC[N+](C)(Cc1ccccc1)C(c1cccc(C(F)(F)F)c1)(c1cccc(C(F)(F)F)c1)c1cccc(C(F)(F)F)c1.CCCCCCC[N+](C)(Cc1ccccc1)C(c1cccc(C(F)(F)F)c1)(c1cccc(C(F)(F)F)c1)c1cccc(C(F)(F)F)c1.[O-]B([O-])[O-]. The van der Waals surface area contributed by atoms with Crippen molar-refractivity contribution in [2.75, 3.05) is 40.8 Å². The highest BCUT2D eigenvalue weighted by molar-refractivity contribution is 6.24. The summed E-state index contributed by atoms with van der Waals surface area (Å²) in [5, 5.41) is 25.2. The summed E-state index contributed by atoms with van der Waals surface area (Å²) in [5.74, 6) is 0. The molecule has 0 spiro atoms. The fourth-order valence-electron chi connectivity index (χ4n) is 19.8. The van der Waals surface area contributed by atoms with Crippen LogP contribution in [0.5, 0.6) is 0 Å². The van der Waals surface area contributed by atoms with E-state index < -0.39 is 130 Å². The lowest BCUT2D eigenvalue weighted by atomic mass is 9.72. The van der Waals surface area contributed by atoms with Gasteiger partial charge in [-0.25, -0.2) is 0 Å². The molecule has 0 fully saturated rings. The number of nitrogens with zero attached hydrogens (tertiary/aromatic N) is 3. The Morgan fingerprint density at radius 3 is 0.428 bits per heavy atom. The molecule has 780 valence electrons. The Morgan fingerprint density at radius 1 is 0.179 bits per heavy atom. The van der Waals surface area contributed by atoms with E-state index in [0.717, 1.165) is 258 Å². The summed E-state index contributed by atoms with van der Waals surface area (Å²) in [6.45, 7) is 7.11. The van der Waals surface area contributed by atoms with Crippen LogP contribution in [0.15, 0.2) is 309 Å². The summed E-state index contributed by atoms with van der Waals surface area (Å²) in [5.41, 5.74) is -13.9. The van der Waals surface area contributed by atoms with Crippen molar-refractivity contribution in [3.8, 4) is 0 Å². The predicted molar refractivity (Wildman–Crippen MR) is 498 cm³/mol. The summed E-state index contributed by atoms with van der Waals surface area (Å²) in [6, 6.07) is 64.8. The summed E-state index contributed by atoms with van der Waals surface area (Å²) >= 11 is 0. The number of hydrogen-bond donors (Lipinski definition) is 0. The van der Waals surface area contributed by atoms with E-state index >= 15 is 0 Å². The van der Waals surface area contributed by atoms with Crippen LogP contribution in [0.2, 0.25) is 0 Å². The molecule has 0 aliphatic rings. The molecule has 145 heavy (non-hydrogen) atoms. The molecule has 3 unspecified atom stereocenters. The normalized spacial score (nSPS) is 14.0. The number of rotatable bonds is 36. The molecule has 0 aliphatic heterocycles. The largest absolute Gasteiger partial charge is 0.907 e. The molecule has 0 amide bonds. The van der Waals surface area contributed by atoms with Gasteiger partial charge < -0.3 is 28.5 Å². The molecular weight excluding hydrogens is 1950 g/mol. The molecule has 12 aromatic rings. The van der Waals surface area contributed by atoms with Crippen molar-refractivity contribution in [1.82, 2.24) is 0 Å². The van der Waals surface area contributed by atoms with Crippen LogP contribution in [-0.2, 0) is 91.8 Å². The molecule has 0 aliphatic carbocycles. The molecule has 0 N–H and O–H groups in total. The second kappa shape index (κ2) is 48.9. The lowest BCUT2D eigenvalue weighted by Crippen LogP contribution is -2.61. The van der Waals surface area contributed by atoms with E-state index in [1.165, 1.54) is 54.6 Å². The third kappa shape index (κ3) is 29.5. The highest BCUT2D eigenvalue weighted by Crippen LogP contribution is 2.56. The van der Waals surface area contributed by atoms with Crippen molar-refractivity contribution in [1.29, 1.82) is 0 Å². The molecule has 0 heterocycles. The molecule has 0 saturated heterocycles. The summed E-state index contributed by atoms with van der Waals surface area (Å²) in [7, 11) is 2.23. The molecule has 0 saturated carbocycles. The van der Waals surface area contributed by atoms with Crippen molar-refractivity contribution in [2.45, 2.75) is 209 Å². The fourth-order valence-corrected chi connectivity index (χ4v) is 19.8. The molecule has 12 rings (SSSR count). The average Bonchev–Trinajstić information content (AvgIpc) is 0.714. The second-order valence-corrected chi connectivity index (χ2v) is 36.7. The van der Waals surface area contributed by atoms with Crippen LogP contribution < -0.4 is 15.1 Å². The Morgan fingerprint density at radius 2 is 0.303 bits per heavy atom. The maximum atomic E-state index is 14.3. The molecule has 12 aromatic carbocycles. The Balaban J connectivity index is 0.000000237. The summed E-state index contributed by atoms with van der Waals surface area (Å²) in [4.78, 5) is 0. The van der Waals surface area contributed by atoms with Gasteiger partial charge in [-0.2, -0.15) is 119 Å². The van der Waals surface area contributed by atoms with Crippen molar-refractivity contribution in [3.63, 3.8) is 0 Å². The van der Waals surface area contributed by atoms with Gasteiger partial charge >= 0.3 is 55.6 Å². The van der Waals surface area contributed by atoms with Gasteiger partial charge in [-0.15, -0.1) is 0 Å². The van der Waals surface area contributed by atoms with Crippen LogP contribution in [0, 0.1) is 0 Å². The van der Waals surface area contributed by atoms with E-state index in [4.69, 9.17) is 15.1 Å². The van der Waals surface area contributed by atoms with Crippen LogP contribution in [0.3, 0.4) is 0 Å². The van der Waals surface area contributed by atoms with Gasteiger partial charge in [0.1, 0.15) is 19.6 Å². The quantitative estimate of drug-likeness (QED) is 0.0129. The standard InChI is InChI=1S/3C37H37F9N.BO3/c3*1-3-4-5-6-10-22-47(2,26-27-14-8-7-9-15-27)34(28-16-11-19-31(23-28)35(38,39)40,29-17-12-20-32(24-29)36(41,42)43)30-18-13-21-33(25-30)37(44,45)46;2-1(3)4/h3*7-9,11-21,23-25H,3-6,10,22,26H2,1-2H3;/q3*+1;-3. The van der Waals surface area contributed by atoms with Gasteiger partial charge in [0, 0.05) is 66.8 Å². The first-order valence-electron chi connectivity index (χ1n) is 47.0. The molecule has 0 radical (unpaired) electrons. The minimum Gasteiger partial charge on any atom is -0.907 e. The van der Waals surface area contributed by atoms with E-state index in [0.29, 0.717) is 19.3 Å². The predicted octanol–water partition coefficient (Wildman–Crippen LogP) is 31.0. The smallest absolute Gasteiger partial charge is 0.416 e. The van der Waals surface area contributed by atoms with E-state index in [1.807, 2.05) is 20.8 Å². The summed E-state index contributed by atoms with van der Waals surface area (Å²) < 4.78 is 384.